The lowest BCUT2D eigenvalue weighted by Crippen LogP contribution is -2.36. The lowest BCUT2D eigenvalue weighted by atomic mass is 10.2. The Balaban J connectivity index is 0.00000312. The van der Waals surface area contributed by atoms with Gasteiger partial charge < -0.3 is 20.1 Å². The number of rotatable bonds is 5. The molecule has 2 N–H and O–H groups in total. The van der Waals surface area contributed by atoms with E-state index in [9.17, 15) is 0 Å². The van der Waals surface area contributed by atoms with Crippen molar-refractivity contribution in [2.24, 2.45) is 12.0 Å². The maximum Gasteiger partial charge on any atom is 0.191 e. The Morgan fingerprint density at radius 2 is 1.92 bits per heavy atom. The summed E-state index contributed by atoms with van der Waals surface area (Å²) in [5.74, 6) is 1.62. The van der Waals surface area contributed by atoms with E-state index < -0.39 is 0 Å². The zero-order valence-electron chi connectivity index (χ0n) is 14.7. The number of anilines is 1. The Kier molecular flexibility index (Phi) is 8.81. The molecule has 0 aromatic carbocycles. The van der Waals surface area contributed by atoms with Gasteiger partial charge >= 0.3 is 0 Å². The predicted molar refractivity (Wildman–Crippen MR) is 116 cm³/mol. The van der Waals surface area contributed by atoms with Crippen molar-refractivity contribution in [3.63, 3.8) is 0 Å². The van der Waals surface area contributed by atoms with Crippen LogP contribution in [0.3, 0.4) is 0 Å². The molecule has 2 rings (SSSR count). The van der Waals surface area contributed by atoms with Crippen LogP contribution in [0.5, 0.6) is 0 Å². The van der Waals surface area contributed by atoms with Crippen molar-refractivity contribution >= 4 is 59.0 Å². The molecule has 0 aliphatic rings. The molecule has 0 aliphatic heterocycles. The van der Waals surface area contributed by atoms with E-state index in [1.165, 1.54) is 0 Å². The van der Waals surface area contributed by atoms with E-state index in [0.29, 0.717) is 29.2 Å². The van der Waals surface area contributed by atoms with Gasteiger partial charge in [0.1, 0.15) is 11.0 Å². The first-order valence-electron chi connectivity index (χ1n) is 7.48. The van der Waals surface area contributed by atoms with Gasteiger partial charge in [0.25, 0.3) is 0 Å². The molecule has 25 heavy (non-hydrogen) atoms. The van der Waals surface area contributed by atoms with Crippen LogP contribution in [0.25, 0.3) is 0 Å². The number of halogens is 3. The van der Waals surface area contributed by atoms with Crippen LogP contribution in [0.4, 0.5) is 5.82 Å². The van der Waals surface area contributed by atoms with Crippen molar-refractivity contribution in [2.45, 2.75) is 13.1 Å². The molecule has 0 fully saturated rings. The molecule has 0 radical (unpaired) electrons. The normalized spacial score (nSPS) is 11.0. The molecule has 0 bridgehead atoms. The molecule has 2 aromatic rings. The fourth-order valence-corrected chi connectivity index (χ4v) is 2.57. The molecule has 138 valence electrons. The quantitative estimate of drug-likeness (QED) is 0.379. The van der Waals surface area contributed by atoms with E-state index in [4.69, 9.17) is 23.2 Å². The Morgan fingerprint density at radius 3 is 2.48 bits per heavy atom. The second kappa shape index (κ2) is 10.1. The highest BCUT2D eigenvalue weighted by Gasteiger charge is 2.09. The summed E-state index contributed by atoms with van der Waals surface area (Å²) in [6.07, 6.45) is 1.80. The molecule has 6 nitrogen and oxygen atoms in total. The zero-order valence-corrected chi connectivity index (χ0v) is 18.5. The standard InChI is InChI=1S/C16H22Cl2N6.HI/c1-19-16(22-10-12-8-13(17)15(18)24(12)4)21-9-11-5-6-20-14(7-11)23(2)3;/h5-8H,9-10H2,1-4H3,(H2,19,21,22);1H. The summed E-state index contributed by atoms with van der Waals surface area (Å²) in [7, 11) is 7.55. The number of hydrogen-bond acceptors (Lipinski definition) is 3. The van der Waals surface area contributed by atoms with Crippen molar-refractivity contribution in [1.29, 1.82) is 0 Å². The second-order valence-electron chi connectivity index (χ2n) is 5.53. The molecule has 0 spiro atoms. The average molecular weight is 497 g/mol. The Hall–Kier alpha value is -1.19. The first kappa shape index (κ1) is 21.9. The summed E-state index contributed by atoms with van der Waals surface area (Å²) < 4.78 is 1.84. The van der Waals surface area contributed by atoms with Gasteiger partial charge in [0.15, 0.2) is 5.96 Å². The van der Waals surface area contributed by atoms with Gasteiger partial charge in [-0.2, -0.15) is 0 Å². The summed E-state index contributed by atoms with van der Waals surface area (Å²) >= 11 is 12.1. The van der Waals surface area contributed by atoms with Gasteiger partial charge in [0.2, 0.25) is 0 Å². The van der Waals surface area contributed by atoms with Crippen LogP contribution in [0.15, 0.2) is 29.4 Å². The number of guanidine groups is 1. The monoisotopic (exact) mass is 496 g/mol. The molecule has 0 saturated carbocycles. The summed E-state index contributed by atoms with van der Waals surface area (Å²) in [6, 6.07) is 5.86. The maximum absolute atomic E-state index is 6.08. The number of hydrogen-bond donors (Lipinski definition) is 2. The van der Waals surface area contributed by atoms with E-state index in [1.54, 1.807) is 13.2 Å². The molecule has 0 amide bonds. The Labute approximate surface area is 175 Å². The summed E-state index contributed by atoms with van der Waals surface area (Å²) in [6.45, 7) is 1.22. The number of aromatic nitrogens is 2. The molecular formula is C16H23Cl2IN6. The highest BCUT2D eigenvalue weighted by atomic mass is 127. The topological polar surface area (TPSA) is 57.5 Å². The second-order valence-corrected chi connectivity index (χ2v) is 6.29. The van der Waals surface area contributed by atoms with Crippen molar-refractivity contribution in [2.75, 3.05) is 26.0 Å². The molecule has 2 heterocycles. The fourth-order valence-electron chi connectivity index (χ4n) is 2.15. The third kappa shape index (κ3) is 5.93. The van der Waals surface area contributed by atoms with E-state index in [1.807, 2.05) is 48.8 Å². The molecule has 0 aliphatic carbocycles. The van der Waals surface area contributed by atoms with Gasteiger partial charge in [-0.3, -0.25) is 4.99 Å². The van der Waals surface area contributed by atoms with Crippen LogP contribution < -0.4 is 15.5 Å². The third-order valence-electron chi connectivity index (χ3n) is 3.60. The highest BCUT2D eigenvalue weighted by Crippen LogP contribution is 2.24. The SMILES string of the molecule is CN=C(NCc1ccnc(N(C)C)c1)NCc1cc(Cl)c(Cl)n1C.I. The van der Waals surface area contributed by atoms with E-state index in [-0.39, 0.29) is 24.0 Å². The molecule has 0 saturated heterocycles. The van der Waals surface area contributed by atoms with Crippen LogP contribution in [0.2, 0.25) is 10.2 Å². The summed E-state index contributed by atoms with van der Waals surface area (Å²) in [4.78, 5) is 10.5. The van der Waals surface area contributed by atoms with Crippen LogP contribution in [0.1, 0.15) is 11.3 Å². The lowest BCUT2D eigenvalue weighted by molar-refractivity contribution is 0.750. The maximum atomic E-state index is 6.08. The van der Waals surface area contributed by atoms with Crippen LogP contribution in [-0.2, 0) is 20.1 Å². The third-order valence-corrected chi connectivity index (χ3v) is 4.45. The summed E-state index contributed by atoms with van der Waals surface area (Å²) in [5.41, 5.74) is 2.10. The Morgan fingerprint density at radius 1 is 1.24 bits per heavy atom. The predicted octanol–water partition coefficient (Wildman–Crippen LogP) is 3.28. The van der Waals surface area contributed by atoms with Crippen molar-refractivity contribution < 1.29 is 0 Å². The lowest BCUT2D eigenvalue weighted by Gasteiger charge is -2.14. The van der Waals surface area contributed by atoms with Gasteiger partial charge in [0, 0.05) is 46.6 Å². The van der Waals surface area contributed by atoms with Crippen LogP contribution in [0, 0.1) is 0 Å². The largest absolute Gasteiger partial charge is 0.363 e. The molecular weight excluding hydrogens is 474 g/mol. The minimum Gasteiger partial charge on any atom is -0.363 e. The van der Waals surface area contributed by atoms with Crippen LogP contribution in [-0.4, -0.2) is 36.7 Å². The Bertz CT molecular complexity index is 729. The van der Waals surface area contributed by atoms with E-state index in [0.717, 1.165) is 17.1 Å². The number of pyridine rings is 1. The van der Waals surface area contributed by atoms with Crippen LogP contribution >= 0.6 is 47.2 Å². The fraction of sp³-hybridized carbons (Fsp3) is 0.375. The number of nitrogens with zero attached hydrogens (tertiary/aromatic N) is 4. The van der Waals surface area contributed by atoms with E-state index in [2.05, 4.69) is 20.6 Å². The van der Waals surface area contributed by atoms with Crippen molar-refractivity contribution in [1.82, 2.24) is 20.2 Å². The molecule has 9 heteroatoms. The van der Waals surface area contributed by atoms with E-state index >= 15 is 0 Å². The van der Waals surface area contributed by atoms with Crippen molar-refractivity contribution in [3.05, 3.63) is 45.8 Å². The molecule has 0 unspecified atom stereocenters. The van der Waals surface area contributed by atoms with Crippen molar-refractivity contribution in [3.8, 4) is 0 Å². The molecule has 2 aromatic heterocycles. The first-order chi connectivity index (χ1) is 11.4. The highest BCUT2D eigenvalue weighted by molar-refractivity contribution is 14.0. The van der Waals surface area contributed by atoms with Gasteiger partial charge in [-0.15, -0.1) is 24.0 Å². The number of aliphatic imine (C=N–C) groups is 1. The minimum atomic E-state index is 0. The van der Waals surface area contributed by atoms with Gasteiger partial charge in [-0.05, 0) is 23.8 Å². The summed E-state index contributed by atoms with van der Waals surface area (Å²) in [5, 5.41) is 7.61. The zero-order chi connectivity index (χ0) is 17.7. The minimum absolute atomic E-state index is 0. The van der Waals surface area contributed by atoms with Gasteiger partial charge in [-0.1, -0.05) is 23.2 Å². The smallest absolute Gasteiger partial charge is 0.191 e. The molecule has 0 atom stereocenters. The van der Waals surface area contributed by atoms with Gasteiger partial charge in [-0.25, -0.2) is 4.98 Å². The number of nitrogens with one attached hydrogen (secondary N) is 2. The average Bonchev–Trinajstić information content (AvgIpc) is 2.82. The first-order valence-corrected chi connectivity index (χ1v) is 8.24. The van der Waals surface area contributed by atoms with Gasteiger partial charge in [0.05, 0.1) is 11.6 Å².